The van der Waals surface area contributed by atoms with Gasteiger partial charge in [0.15, 0.2) is 5.58 Å². The summed E-state index contributed by atoms with van der Waals surface area (Å²) < 4.78 is 17.4. The van der Waals surface area contributed by atoms with E-state index in [-0.39, 0.29) is 28.4 Å². The molecular formula is C94H80BN3O2. The molecule has 18 rings (SSSR count). The van der Waals surface area contributed by atoms with E-state index in [1.54, 1.807) is 0 Å². The van der Waals surface area contributed by atoms with Gasteiger partial charge in [-0.25, -0.2) is 0 Å². The summed E-state index contributed by atoms with van der Waals surface area (Å²) in [4.78, 5) is 5.33. The Balaban J connectivity index is 1.06. The average Bonchev–Trinajstić information content (AvgIpc) is 1.09. The Morgan fingerprint density at radius 3 is 1.16 bits per heavy atom. The number of aromatic nitrogens is 1. The summed E-state index contributed by atoms with van der Waals surface area (Å²) in [6.07, 6.45) is 0. The van der Waals surface area contributed by atoms with E-state index in [0.717, 1.165) is 156 Å². The molecule has 0 unspecified atom stereocenters. The number of fused-ring (bicyclic) bond motifs is 14. The first-order valence-corrected chi connectivity index (χ1v) is 35.5. The molecule has 0 amide bonds. The van der Waals surface area contributed by atoms with Crippen molar-refractivity contribution in [2.75, 3.05) is 9.80 Å². The minimum Gasteiger partial charge on any atom is -0.456 e. The predicted molar refractivity (Wildman–Crippen MR) is 426 cm³/mol. The van der Waals surface area contributed by atoms with Crippen molar-refractivity contribution < 1.29 is 8.83 Å². The summed E-state index contributed by atoms with van der Waals surface area (Å²) in [7, 11) is 0. The van der Waals surface area contributed by atoms with Gasteiger partial charge in [0.2, 0.25) is 0 Å². The van der Waals surface area contributed by atoms with E-state index in [0.29, 0.717) is 0 Å². The zero-order valence-electron chi connectivity index (χ0n) is 59.1. The summed E-state index contributed by atoms with van der Waals surface area (Å²) in [5.74, 6) is 0. The summed E-state index contributed by atoms with van der Waals surface area (Å²) in [5.41, 5.74) is 30.2. The zero-order chi connectivity index (χ0) is 68.5. The number of hydrogen-bond acceptors (Lipinski definition) is 4. The number of hydrogen-bond donors (Lipinski definition) is 0. The average molecular weight is 1290 g/mol. The van der Waals surface area contributed by atoms with Crippen LogP contribution in [0.15, 0.2) is 276 Å². The van der Waals surface area contributed by atoms with Gasteiger partial charge in [-0.1, -0.05) is 289 Å². The first-order valence-electron chi connectivity index (χ1n) is 35.5. The Morgan fingerprint density at radius 2 is 0.680 bits per heavy atom. The number of anilines is 6. The molecule has 100 heavy (non-hydrogen) atoms. The maximum absolute atomic E-state index is 7.72. The largest absolute Gasteiger partial charge is 0.456 e. The van der Waals surface area contributed by atoms with Gasteiger partial charge >= 0.3 is 0 Å². The topological polar surface area (TPSA) is 37.7 Å². The number of benzene rings is 13. The molecule has 0 atom stereocenters. The first-order chi connectivity index (χ1) is 48.1. The van der Waals surface area contributed by atoms with Crippen molar-refractivity contribution in [3.63, 3.8) is 0 Å². The third-order valence-electron chi connectivity index (χ3n) is 21.6. The molecule has 0 N–H and O–H groups in total. The van der Waals surface area contributed by atoms with E-state index >= 15 is 0 Å². The Labute approximate surface area is 586 Å². The van der Waals surface area contributed by atoms with Crippen LogP contribution in [-0.4, -0.2) is 11.3 Å². The third kappa shape index (κ3) is 9.65. The van der Waals surface area contributed by atoms with Crippen LogP contribution in [0.1, 0.15) is 105 Å². The maximum Gasteiger partial charge on any atom is 0.252 e. The van der Waals surface area contributed by atoms with Crippen LogP contribution in [0.2, 0.25) is 0 Å². The fraction of sp³-hybridized carbons (Fsp3) is 0.170. The molecule has 0 spiro atoms. The fourth-order valence-electron chi connectivity index (χ4n) is 16.4. The molecule has 2 aliphatic rings. The van der Waals surface area contributed by atoms with E-state index < -0.39 is 0 Å². The second-order valence-corrected chi connectivity index (χ2v) is 32.1. The van der Waals surface area contributed by atoms with E-state index in [1.807, 2.05) is 0 Å². The predicted octanol–water partition coefficient (Wildman–Crippen LogP) is 24.5. The van der Waals surface area contributed by atoms with Gasteiger partial charge in [-0.3, -0.25) is 0 Å². The molecule has 16 aromatic rings. The van der Waals surface area contributed by atoms with Crippen LogP contribution in [0.5, 0.6) is 0 Å². The summed E-state index contributed by atoms with van der Waals surface area (Å²) >= 11 is 0. The van der Waals surface area contributed by atoms with Gasteiger partial charge in [0.05, 0.1) is 28.1 Å². The molecule has 0 fully saturated rings. The van der Waals surface area contributed by atoms with E-state index in [1.165, 1.54) is 33.0 Å². The molecule has 0 saturated carbocycles. The lowest BCUT2D eigenvalue weighted by Crippen LogP contribution is -2.61. The number of rotatable bonds is 7. The molecule has 0 radical (unpaired) electrons. The van der Waals surface area contributed by atoms with Gasteiger partial charge in [0.25, 0.3) is 6.71 Å². The highest BCUT2D eigenvalue weighted by Crippen LogP contribution is 2.57. The molecule has 2 aliphatic heterocycles. The maximum atomic E-state index is 7.72. The van der Waals surface area contributed by atoms with Crippen molar-refractivity contribution in [2.24, 2.45) is 0 Å². The van der Waals surface area contributed by atoms with Crippen molar-refractivity contribution in [3.8, 4) is 50.2 Å². The molecule has 13 aromatic carbocycles. The van der Waals surface area contributed by atoms with Gasteiger partial charge < -0.3 is 23.2 Å². The molecule has 6 heteroatoms. The van der Waals surface area contributed by atoms with Crippen LogP contribution >= 0.6 is 0 Å². The second-order valence-electron chi connectivity index (χ2n) is 32.1. The number of para-hydroxylation sites is 6. The van der Waals surface area contributed by atoms with Crippen LogP contribution < -0.4 is 26.2 Å². The lowest BCUT2D eigenvalue weighted by Gasteiger charge is -2.45. The Kier molecular flexibility index (Phi) is 13.6. The first kappa shape index (κ1) is 61.3. The SMILES string of the molecule is CC(C)(C)c1cccc(-c2cccc(-c3cccc(C(C)(C)C)c3)c2N2c3cc4c(cc3B3c5cc(-n6c7ccccc7c7ccccc76)ccc5N(c5c(-c6cccc(C(C)(C)C)c6)cccc5-c5cccc(C(C)(C)C)c5)c5c3c2cc2c5oc3ccccc32)oc2ccccc24)c1. The van der Waals surface area contributed by atoms with Crippen LogP contribution in [-0.2, 0) is 21.7 Å². The molecule has 486 valence electrons. The van der Waals surface area contributed by atoms with Crippen molar-refractivity contribution in [1.29, 1.82) is 0 Å². The molecule has 0 bridgehead atoms. The third-order valence-corrected chi connectivity index (χ3v) is 21.6. The van der Waals surface area contributed by atoms with Crippen LogP contribution in [0.25, 0.3) is 116 Å². The quantitative estimate of drug-likeness (QED) is 0.149. The Morgan fingerprint density at radius 1 is 0.280 bits per heavy atom. The molecular weight excluding hydrogens is 1210 g/mol. The van der Waals surface area contributed by atoms with Gasteiger partial charge in [-0.05, 0) is 143 Å². The molecule has 5 heterocycles. The Hall–Kier alpha value is -11.1. The second kappa shape index (κ2) is 22.2. The minimum atomic E-state index is -0.376. The normalized spacial score (nSPS) is 13.3. The highest BCUT2D eigenvalue weighted by atomic mass is 16.3. The van der Waals surface area contributed by atoms with Gasteiger partial charge in [0.1, 0.15) is 16.7 Å². The molecule has 3 aromatic heterocycles. The minimum absolute atomic E-state index is 0.119. The van der Waals surface area contributed by atoms with Crippen molar-refractivity contribution in [1.82, 2.24) is 4.57 Å². The zero-order valence-corrected chi connectivity index (χ0v) is 59.1. The fourth-order valence-corrected chi connectivity index (χ4v) is 16.4. The summed E-state index contributed by atoms with van der Waals surface area (Å²) in [6.45, 7) is 27.5. The summed E-state index contributed by atoms with van der Waals surface area (Å²) in [6, 6.07) is 101. The molecule has 5 nitrogen and oxygen atoms in total. The lowest BCUT2D eigenvalue weighted by atomic mass is 9.33. The number of nitrogens with zero attached hydrogens (tertiary/aromatic N) is 3. The van der Waals surface area contributed by atoms with Crippen LogP contribution in [0, 0.1) is 0 Å². The molecule has 0 aliphatic carbocycles. The Bertz CT molecular complexity index is 5860. The molecule has 0 saturated heterocycles. The van der Waals surface area contributed by atoms with Crippen molar-refractivity contribution in [3.05, 3.63) is 289 Å². The van der Waals surface area contributed by atoms with E-state index in [9.17, 15) is 0 Å². The van der Waals surface area contributed by atoms with Gasteiger partial charge in [-0.15, -0.1) is 0 Å². The van der Waals surface area contributed by atoms with Gasteiger partial charge in [0, 0.05) is 77.3 Å². The monoisotopic (exact) mass is 1290 g/mol. The summed E-state index contributed by atoms with van der Waals surface area (Å²) in [5, 5.41) is 6.66. The lowest BCUT2D eigenvalue weighted by molar-refractivity contribution is 0.590. The van der Waals surface area contributed by atoms with E-state index in [4.69, 9.17) is 8.83 Å². The smallest absolute Gasteiger partial charge is 0.252 e. The standard InChI is InChI=1S/C94H80BN3O2/c1-91(2,3)61-31-21-27-57(49-61)66-39-25-40-67(58-28-22-32-62(50-58)92(4,5)6)87(66)97-81-54-74-72-37-15-19-45-83(72)99-85(74)56-77(81)95-76-53-65(96-78-43-17-13-35-70(78)71-36-14-18-44-79(71)96)47-48-80(76)98(89-86(95)82(97)55-75-73-38-16-20-46-84(73)100-90(75)89)88-68(59-29-23-33-63(51-59)93(7,8)9)41-26-42-69(88)60-30-24-34-64(52-60)94(10,11)12/h13-56H,1-12H3. The van der Waals surface area contributed by atoms with Gasteiger partial charge in [-0.2, -0.15) is 0 Å². The van der Waals surface area contributed by atoms with Crippen LogP contribution in [0.4, 0.5) is 34.1 Å². The van der Waals surface area contributed by atoms with Crippen molar-refractivity contribution in [2.45, 2.75) is 105 Å². The van der Waals surface area contributed by atoms with Crippen molar-refractivity contribution >= 4 is 123 Å². The highest BCUT2D eigenvalue weighted by molar-refractivity contribution is 7.00. The number of furan rings is 2. The van der Waals surface area contributed by atoms with E-state index in [2.05, 4.69) is 364 Å². The highest BCUT2D eigenvalue weighted by Gasteiger charge is 2.48. The van der Waals surface area contributed by atoms with Crippen LogP contribution in [0.3, 0.4) is 0 Å².